The van der Waals surface area contributed by atoms with Gasteiger partial charge in [-0.05, 0) is 19.8 Å². The lowest BCUT2D eigenvalue weighted by atomic mass is 10.2. The predicted octanol–water partition coefficient (Wildman–Crippen LogP) is 1.44. The second-order valence-corrected chi connectivity index (χ2v) is 5.26. The number of amides is 1. The smallest absolute Gasteiger partial charge is 0.277 e. The lowest BCUT2D eigenvalue weighted by Crippen LogP contribution is -2.29. The van der Waals surface area contributed by atoms with Crippen molar-refractivity contribution in [2.45, 2.75) is 32.6 Å². The Hall–Kier alpha value is -1.14. The molecule has 0 saturated carbocycles. The fourth-order valence-corrected chi connectivity index (χ4v) is 3.08. The van der Waals surface area contributed by atoms with Crippen molar-refractivity contribution in [3.05, 3.63) is 10.6 Å². The minimum atomic E-state index is -0.249. The van der Waals surface area contributed by atoms with Crippen LogP contribution >= 0.6 is 11.3 Å². The van der Waals surface area contributed by atoms with Gasteiger partial charge >= 0.3 is 0 Å². The van der Waals surface area contributed by atoms with Gasteiger partial charge in [0.15, 0.2) is 5.13 Å². The Morgan fingerprint density at radius 2 is 2.00 bits per heavy atom. The van der Waals surface area contributed by atoms with Gasteiger partial charge in [-0.2, -0.15) is 0 Å². The number of thiazole rings is 1. The zero-order chi connectivity index (χ0) is 12.3. The average Bonchev–Trinajstić information content (AvgIpc) is 2.57. The van der Waals surface area contributed by atoms with E-state index in [1.54, 1.807) is 0 Å². The Balaban J connectivity index is 2.18. The first kappa shape index (κ1) is 12.3. The van der Waals surface area contributed by atoms with Crippen molar-refractivity contribution in [3.8, 4) is 0 Å². The van der Waals surface area contributed by atoms with Gasteiger partial charge in [-0.3, -0.25) is 10.2 Å². The van der Waals surface area contributed by atoms with Crippen LogP contribution in [0, 0.1) is 6.92 Å². The van der Waals surface area contributed by atoms with Crippen LogP contribution in [0.2, 0.25) is 0 Å². The molecule has 3 N–H and O–H groups in total. The van der Waals surface area contributed by atoms with Gasteiger partial charge in [-0.25, -0.2) is 10.8 Å². The molecule has 1 amide bonds. The molecule has 0 aromatic carbocycles. The molecule has 1 aromatic heterocycles. The highest BCUT2D eigenvalue weighted by molar-refractivity contribution is 7.17. The second kappa shape index (κ2) is 5.46. The van der Waals surface area contributed by atoms with Gasteiger partial charge < -0.3 is 4.90 Å². The molecule has 6 heteroatoms. The standard InChI is InChI=1S/C11H18N4OS/c1-8-9(10(16)14-12)17-11(13-8)15-6-4-2-3-5-7-15/h2-7,12H2,1H3,(H,14,16). The molecule has 0 radical (unpaired) electrons. The molecule has 0 spiro atoms. The lowest BCUT2D eigenvalue weighted by Gasteiger charge is -2.18. The van der Waals surface area contributed by atoms with Crippen molar-refractivity contribution in [2.75, 3.05) is 18.0 Å². The van der Waals surface area contributed by atoms with Crippen molar-refractivity contribution in [1.29, 1.82) is 0 Å². The third kappa shape index (κ3) is 2.76. The van der Waals surface area contributed by atoms with E-state index in [0.29, 0.717) is 4.88 Å². The largest absolute Gasteiger partial charge is 0.348 e. The van der Waals surface area contributed by atoms with Crippen molar-refractivity contribution in [2.24, 2.45) is 5.84 Å². The van der Waals surface area contributed by atoms with Crippen LogP contribution in [0.3, 0.4) is 0 Å². The van der Waals surface area contributed by atoms with Crippen LogP contribution in [0.5, 0.6) is 0 Å². The third-order valence-electron chi connectivity index (χ3n) is 3.00. The summed E-state index contributed by atoms with van der Waals surface area (Å²) >= 11 is 1.43. The molecule has 1 saturated heterocycles. The maximum atomic E-state index is 11.5. The van der Waals surface area contributed by atoms with E-state index in [-0.39, 0.29) is 5.91 Å². The fourth-order valence-electron chi connectivity index (χ4n) is 2.06. The first-order valence-corrected chi connectivity index (χ1v) is 6.77. The van der Waals surface area contributed by atoms with Gasteiger partial charge in [-0.1, -0.05) is 24.2 Å². The Kier molecular flexibility index (Phi) is 3.96. The summed E-state index contributed by atoms with van der Waals surface area (Å²) in [6.07, 6.45) is 4.99. The zero-order valence-corrected chi connectivity index (χ0v) is 10.8. The van der Waals surface area contributed by atoms with E-state index in [4.69, 9.17) is 5.84 Å². The maximum Gasteiger partial charge on any atom is 0.277 e. The summed E-state index contributed by atoms with van der Waals surface area (Å²) in [6, 6.07) is 0. The molecule has 1 fully saturated rings. The van der Waals surface area contributed by atoms with Gasteiger partial charge in [0.05, 0.1) is 5.69 Å². The number of hydrazine groups is 1. The number of aryl methyl sites for hydroxylation is 1. The van der Waals surface area contributed by atoms with Crippen molar-refractivity contribution in [1.82, 2.24) is 10.4 Å². The van der Waals surface area contributed by atoms with Crippen molar-refractivity contribution >= 4 is 22.4 Å². The monoisotopic (exact) mass is 254 g/mol. The van der Waals surface area contributed by atoms with Crippen molar-refractivity contribution < 1.29 is 4.79 Å². The molecule has 1 aliphatic rings. The summed E-state index contributed by atoms with van der Waals surface area (Å²) in [5.74, 6) is 4.90. The number of hydrogen-bond acceptors (Lipinski definition) is 5. The van der Waals surface area contributed by atoms with E-state index in [2.05, 4.69) is 15.3 Å². The van der Waals surface area contributed by atoms with Gasteiger partial charge in [0, 0.05) is 13.1 Å². The number of anilines is 1. The molecule has 2 rings (SSSR count). The molecule has 1 aromatic rings. The number of nitrogens with one attached hydrogen (secondary N) is 1. The van der Waals surface area contributed by atoms with Crippen LogP contribution in [-0.2, 0) is 0 Å². The van der Waals surface area contributed by atoms with Crippen LogP contribution < -0.4 is 16.2 Å². The summed E-state index contributed by atoms with van der Waals surface area (Å²) in [6.45, 7) is 3.93. The van der Waals surface area contributed by atoms with Gasteiger partial charge in [0.1, 0.15) is 4.88 Å². The molecule has 5 nitrogen and oxygen atoms in total. The van der Waals surface area contributed by atoms with E-state index in [0.717, 1.165) is 23.9 Å². The lowest BCUT2D eigenvalue weighted by molar-refractivity contribution is 0.0957. The molecule has 2 heterocycles. The Morgan fingerprint density at radius 3 is 2.59 bits per heavy atom. The zero-order valence-electron chi connectivity index (χ0n) is 10.0. The molecule has 0 unspecified atom stereocenters. The van der Waals surface area contributed by atoms with E-state index < -0.39 is 0 Å². The molecule has 0 aliphatic carbocycles. The average molecular weight is 254 g/mol. The predicted molar refractivity (Wildman–Crippen MR) is 69.2 cm³/mol. The van der Waals surface area contributed by atoms with E-state index in [1.807, 2.05) is 6.92 Å². The first-order chi connectivity index (χ1) is 8.22. The molecule has 17 heavy (non-hydrogen) atoms. The van der Waals surface area contributed by atoms with Crippen LogP contribution in [0.25, 0.3) is 0 Å². The maximum absolute atomic E-state index is 11.5. The summed E-state index contributed by atoms with van der Waals surface area (Å²) in [4.78, 5) is 18.9. The number of carbonyl (C=O) groups excluding carboxylic acids is 1. The van der Waals surface area contributed by atoms with Crippen LogP contribution in [-0.4, -0.2) is 24.0 Å². The Bertz CT molecular complexity index is 396. The highest BCUT2D eigenvalue weighted by Gasteiger charge is 2.18. The third-order valence-corrected chi connectivity index (χ3v) is 4.22. The highest BCUT2D eigenvalue weighted by atomic mass is 32.1. The number of aromatic nitrogens is 1. The highest BCUT2D eigenvalue weighted by Crippen LogP contribution is 2.27. The molecule has 0 atom stereocenters. The number of hydrogen-bond donors (Lipinski definition) is 2. The van der Waals surface area contributed by atoms with E-state index >= 15 is 0 Å². The topological polar surface area (TPSA) is 71.2 Å². The van der Waals surface area contributed by atoms with Gasteiger partial charge in [-0.15, -0.1) is 0 Å². The van der Waals surface area contributed by atoms with Crippen molar-refractivity contribution in [3.63, 3.8) is 0 Å². The number of carbonyl (C=O) groups is 1. The van der Waals surface area contributed by atoms with Gasteiger partial charge in [0.25, 0.3) is 5.91 Å². The van der Waals surface area contributed by atoms with Crippen LogP contribution in [0.15, 0.2) is 0 Å². The summed E-state index contributed by atoms with van der Waals surface area (Å²) in [5.41, 5.74) is 2.92. The van der Waals surface area contributed by atoms with Gasteiger partial charge in [0.2, 0.25) is 0 Å². The number of nitrogens with two attached hydrogens (primary N) is 1. The molecule has 0 bridgehead atoms. The fraction of sp³-hybridized carbons (Fsp3) is 0.636. The molecular formula is C11H18N4OS. The molecule has 94 valence electrons. The molecule has 1 aliphatic heterocycles. The number of rotatable bonds is 2. The van der Waals surface area contributed by atoms with E-state index in [9.17, 15) is 4.79 Å². The minimum absolute atomic E-state index is 0.249. The normalized spacial score (nSPS) is 16.7. The van der Waals surface area contributed by atoms with E-state index in [1.165, 1.54) is 37.0 Å². The summed E-state index contributed by atoms with van der Waals surface area (Å²) < 4.78 is 0. The number of nitrogen functional groups attached to an aromatic ring is 1. The SMILES string of the molecule is Cc1nc(N2CCCCCC2)sc1C(=O)NN. The minimum Gasteiger partial charge on any atom is -0.348 e. The Labute approximate surface area is 105 Å². The summed E-state index contributed by atoms with van der Waals surface area (Å²) in [7, 11) is 0. The Morgan fingerprint density at radius 1 is 1.35 bits per heavy atom. The molecular weight excluding hydrogens is 236 g/mol. The number of nitrogens with zero attached hydrogens (tertiary/aromatic N) is 2. The first-order valence-electron chi connectivity index (χ1n) is 5.95. The van der Waals surface area contributed by atoms with Crippen LogP contribution in [0.4, 0.5) is 5.13 Å². The second-order valence-electron chi connectivity index (χ2n) is 4.29. The van der Waals surface area contributed by atoms with Crippen LogP contribution in [0.1, 0.15) is 41.0 Å². The quantitative estimate of drug-likeness (QED) is 0.476. The summed E-state index contributed by atoms with van der Waals surface area (Å²) in [5, 5.41) is 0.947.